The van der Waals surface area contributed by atoms with Crippen molar-refractivity contribution in [2.24, 2.45) is 0 Å². The molecule has 5 aromatic carbocycles. The molecule has 0 aliphatic rings. The molecule has 257 valence electrons. The van der Waals surface area contributed by atoms with E-state index in [0.717, 1.165) is 33.5 Å². The number of aryl methyl sites for hydroxylation is 1. The van der Waals surface area contributed by atoms with Gasteiger partial charge in [0, 0.05) is 50.3 Å². The topological polar surface area (TPSA) is 38.7 Å². The van der Waals surface area contributed by atoms with Gasteiger partial charge in [-0.2, -0.15) is 0 Å². The van der Waals surface area contributed by atoms with E-state index in [0.29, 0.717) is 0 Å². The van der Waals surface area contributed by atoms with Gasteiger partial charge in [-0.1, -0.05) is 99.1 Å². The molecule has 0 spiro atoms. The largest absolute Gasteiger partial charge is 0.305 e. The van der Waals surface area contributed by atoms with Crippen LogP contribution in [0.25, 0.3) is 66.7 Å². The van der Waals surface area contributed by atoms with E-state index in [9.17, 15) is 0 Å². The molecule has 52 heavy (non-hydrogen) atoms. The molecule has 8 aromatic rings. The molecule has 3 heterocycles. The van der Waals surface area contributed by atoms with Gasteiger partial charge in [0.05, 0.1) is 0 Å². The fourth-order valence-electron chi connectivity index (χ4n) is 6.25. The second kappa shape index (κ2) is 16.2. The molecule has 0 N–H and O–H groups in total. The van der Waals surface area contributed by atoms with Crippen LogP contribution in [0.2, 0.25) is 0 Å². The molecule has 1 radical (unpaired) electrons. The standard InChI is InChI=1S/C36H29N2.C12H10N.Ir/c1-36(2,3)30-17-20-38-35(23-30)29-14-8-13-28(22-29)31-15-16-32(34-24-37-19-18-33(31)34)27-12-7-11-26(21-27)25-9-5-4-6-10-25;1-10-7-8-13-12(9-10)11-5-3-2-4-6-11;/h4-13,15-24H,1-3H3;2-5,7-9H,1H3;/q2*-1;. The molecule has 8 rings (SSSR count). The SMILES string of the molecule is CC(C)(C)c1ccnc(-c2[c-]ccc(-c3ccc(-c4cccc(-c5ccccc5)c4)c4cnccc34)c2)c1.Cc1ccnc(-c2[c-]cccc2)c1.[Ir]. The first-order chi connectivity index (χ1) is 24.8. The zero-order chi connectivity index (χ0) is 35.2. The Hall–Kier alpha value is -5.54. The molecule has 0 aliphatic heterocycles. The molecule has 0 unspecified atom stereocenters. The molecule has 0 atom stereocenters. The molecule has 3 aromatic heterocycles. The summed E-state index contributed by atoms with van der Waals surface area (Å²) in [5.74, 6) is 0. The van der Waals surface area contributed by atoms with E-state index >= 15 is 0 Å². The smallest absolute Gasteiger partial charge is 0.0352 e. The van der Waals surface area contributed by atoms with Crippen molar-refractivity contribution in [3.8, 4) is 55.9 Å². The fourth-order valence-corrected chi connectivity index (χ4v) is 6.25. The zero-order valence-electron chi connectivity index (χ0n) is 29.8. The molecule has 0 saturated heterocycles. The summed E-state index contributed by atoms with van der Waals surface area (Å²) in [5, 5.41) is 2.31. The van der Waals surface area contributed by atoms with Gasteiger partial charge in [-0.25, -0.2) is 0 Å². The maximum atomic E-state index is 4.67. The van der Waals surface area contributed by atoms with Gasteiger partial charge in [-0.15, -0.1) is 71.3 Å². The van der Waals surface area contributed by atoms with Gasteiger partial charge in [-0.3, -0.25) is 4.98 Å². The van der Waals surface area contributed by atoms with Crippen molar-refractivity contribution >= 4 is 10.8 Å². The zero-order valence-corrected chi connectivity index (χ0v) is 32.2. The van der Waals surface area contributed by atoms with Crippen LogP contribution in [0.4, 0.5) is 0 Å². The van der Waals surface area contributed by atoms with Crippen LogP contribution in [-0.4, -0.2) is 15.0 Å². The molecular weight excluding hydrogens is 811 g/mol. The van der Waals surface area contributed by atoms with Crippen molar-refractivity contribution in [3.05, 3.63) is 188 Å². The average molecular weight is 850 g/mol. The Morgan fingerprint density at radius 1 is 0.500 bits per heavy atom. The van der Waals surface area contributed by atoms with Gasteiger partial charge in [0.15, 0.2) is 0 Å². The number of rotatable bonds is 5. The van der Waals surface area contributed by atoms with Crippen molar-refractivity contribution < 1.29 is 20.1 Å². The van der Waals surface area contributed by atoms with Gasteiger partial charge in [-0.05, 0) is 86.8 Å². The third kappa shape index (κ3) is 8.32. The summed E-state index contributed by atoms with van der Waals surface area (Å²) in [6.07, 6.45) is 7.58. The Morgan fingerprint density at radius 2 is 1.17 bits per heavy atom. The van der Waals surface area contributed by atoms with Gasteiger partial charge < -0.3 is 9.97 Å². The fraction of sp³-hybridized carbons (Fsp3) is 0.104. The van der Waals surface area contributed by atoms with E-state index in [1.54, 1.807) is 0 Å². The molecule has 0 bridgehead atoms. The maximum Gasteiger partial charge on any atom is 0.0352 e. The molecule has 0 saturated carbocycles. The second-order valence-corrected chi connectivity index (χ2v) is 13.7. The van der Waals surface area contributed by atoms with Crippen molar-refractivity contribution in [2.45, 2.75) is 33.1 Å². The first-order valence-electron chi connectivity index (χ1n) is 17.2. The van der Waals surface area contributed by atoms with Gasteiger partial charge >= 0.3 is 0 Å². The first kappa shape index (κ1) is 36.3. The third-order valence-electron chi connectivity index (χ3n) is 9.01. The number of nitrogens with zero attached hydrogens (tertiary/aromatic N) is 3. The van der Waals surface area contributed by atoms with Gasteiger partial charge in [0.2, 0.25) is 0 Å². The normalized spacial score (nSPS) is 10.9. The van der Waals surface area contributed by atoms with Crippen LogP contribution >= 0.6 is 0 Å². The van der Waals surface area contributed by atoms with Crippen molar-refractivity contribution in [1.82, 2.24) is 15.0 Å². The van der Waals surface area contributed by atoms with Crippen LogP contribution in [0.3, 0.4) is 0 Å². The maximum absolute atomic E-state index is 4.67. The van der Waals surface area contributed by atoms with Crippen LogP contribution in [0.5, 0.6) is 0 Å². The number of hydrogen-bond donors (Lipinski definition) is 0. The van der Waals surface area contributed by atoms with Crippen LogP contribution < -0.4 is 0 Å². The Balaban J connectivity index is 0.000000279. The van der Waals surface area contributed by atoms with E-state index in [2.05, 4.69) is 158 Å². The van der Waals surface area contributed by atoms with E-state index in [-0.39, 0.29) is 25.5 Å². The van der Waals surface area contributed by atoms with Crippen molar-refractivity contribution in [3.63, 3.8) is 0 Å². The summed E-state index contributed by atoms with van der Waals surface area (Å²) in [7, 11) is 0. The Morgan fingerprint density at radius 3 is 1.92 bits per heavy atom. The van der Waals surface area contributed by atoms with E-state index in [1.165, 1.54) is 44.3 Å². The van der Waals surface area contributed by atoms with Gasteiger partial charge in [0.25, 0.3) is 0 Å². The molecule has 0 amide bonds. The van der Waals surface area contributed by atoms with Crippen molar-refractivity contribution in [2.75, 3.05) is 0 Å². The van der Waals surface area contributed by atoms with Crippen molar-refractivity contribution in [1.29, 1.82) is 0 Å². The van der Waals surface area contributed by atoms with Gasteiger partial charge in [0.1, 0.15) is 0 Å². The minimum absolute atomic E-state index is 0. The number of benzene rings is 5. The first-order valence-corrected chi connectivity index (χ1v) is 17.2. The third-order valence-corrected chi connectivity index (χ3v) is 9.01. The minimum atomic E-state index is 0. The predicted octanol–water partition coefficient (Wildman–Crippen LogP) is 12.3. The van der Waals surface area contributed by atoms with E-state index in [4.69, 9.17) is 0 Å². The molecular formula is C48H39IrN3-2. The summed E-state index contributed by atoms with van der Waals surface area (Å²) in [4.78, 5) is 13.4. The van der Waals surface area contributed by atoms with Crippen LogP contribution in [0, 0.1) is 19.1 Å². The molecule has 4 heteroatoms. The molecule has 0 aliphatic carbocycles. The predicted molar refractivity (Wildman–Crippen MR) is 212 cm³/mol. The van der Waals surface area contributed by atoms with Crippen LogP contribution in [0.15, 0.2) is 164 Å². The average Bonchev–Trinajstić information content (AvgIpc) is 3.18. The Kier molecular flexibility index (Phi) is 11.3. The Labute approximate surface area is 320 Å². The summed E-state index contributed by atoms with van der Waals surface area (Å²) in [5.41, 5.74) is 13.6. The summed E-state index contributed by atoms with van der Waals surface area (Å²) in [6.45, 7) is 8.74. The van der Waals surface area contributed by atoms with Crippen LogP contribution in [-0.2, 0) is 25.5 Å². The number of hydrogen-bond acceptors (Lipinski definition) is 3. The Bertz CT molecular complexity index is 2410. The minimum Gasteiger partial charge on any atom is -0.305 e. The summed E-state index contributed by atoms with van der Waals surface area (Å²) in [6, 6.07) is 54.9. The number of pyridine rings is 3. The quantitative estimate of drug-likeness (QED) is 0.162. The molecule has 0 fully saturated rings. The second-order valence-electron chi connectivity index (χ2n) is 13.7. The number of fused-ring (bicyclic) bond motifs is 1. The van der Waals surface area contributed by atoms with E-state index < -0.39 is 0 Å². The summed E-state index contributed by atoms with van der Waals surface area (Å²) >= 11 is 0. The van der Waals surface area contributed by atoms with Crippen LogP contribution in [0.1, 0.15) is 31.9 Å². The van der Waals surface area contributed by atoms with E-state index in [1.807, 2.05) is 61.2 Å². The monoisotopic (exact) mass is 850 g/mol. The summed E-state index contributed by atoms with van der Waals surface area (Å²) < 4.78 is 0. The number of aromatic nitrogens is 3. The molecule has 3 nitrogen and oxygen atoms in total.